The number of rotatable bonds is 4. The van der Waals surface area contributed by atoms with Crippen molar-refractivity contribution < 1.29 is 4.79 Å². The van der Waals surface area contributed by atoms with Crippen LogP contribution in [0.4, 0.5) is 11.5 Å². The van der Waals surface area contributed by atoms with Crippen molar-refractivity contribution in [3.63, 3.8) is 0 Å². The predicted molar refractivity (Wildman–Crippen MR) is 90.8 cm³/mol. The van der Waals surface area contributed by atoms with Crippen LogP contribution in [-0.2, 0) is 0 Å². The molecule has 0 bridgehead atoms. The van der Waals surface area contributed by atoms with E-state index in [0.717, 1.165) is 38.5 Å². The number of nitrogens with one attached hydrogen (secondary N) is 1. The van der Waals surface area contributed by atoms with Crippen LogP contribution < -0.4 is 10.2 Å². The van der Waals surface area contributed by atoms with Crippen LogP contribution in [0.3, 0.4) is 0 Å². The summed E-state index contributed by atoms with van der Waals surface area (Å²) in [5, 5.41) is 2.85. The Bertz CT molecular complexity index is 636. The Morgan fingerprint density at radius 1 is 1.13 bits per heavy atom. The molecule has 0 unspecified atom stereocenters. The molecule has 120 valence electrons. The van der Waals surface area contributed by atoms with E-state index in [-0.39, 0.29) is 5.91 Å². The van der Waals surface area contributed by atoms with E-state index in [9.17, 15) is 4.79 Å². The minimum atomic E-state index is -0.154. The van der Waals surface area contributed by atoms with Gasteiger partial charge in [0, 0.05) is 44.1 Å². The van der Waals surface area contributed by atoms with Gasteiger partial charge in [0.05, 0.1) is 11.9 Å². The number of carbonyl (C=O) groups excluding carboxylic acids is 1. The van der Waals surface area contributed by atoms with Crippen LogP contribution in [0, 0.1) is 0 Å². The largest absolute Gasteiger partial charge is 0.354 e. The second kappa shape index (κ2) is 7.19. The van der Waals surface area contributed by atoms with Crippen molar-refractivity contribution in [3.05, 3.63) is 48.4 Å². The average Bonchev–Trinajstić information content (AvgIpc) is 2.63. The maximum atomic E-state index is 12.1. The summed E-state index contributed by atoms with van der Waals surface area (Å²) in [5.41, 5.74) is 1.28. The Hall–Kier alpha value is -2.47. The molecule has 6 heteroatoms. The van der Waals surface area contributed by atoms with Gasteiger partial charge >= 0.3 is 0 Å². The number of nitrogens with zero attached hydrogens (tertiary/aromatic N) is 4. The second-order valence-electron chi connectivity index (χ2n) is 5.52. The first kappa shape index (κ1) is 15.4. The van der Waals surface area contributed by atoms with Gasteiger partial charge in [-0.25, -0.2) is 4.98 Å². The second-order valence-corrected chi connectivity index (χ2v) is 5.52. The van der Waals surface area contributed by atoms with Crippen molar-refractivity contribution in [1.29, 1.82) is 0 Å². The van der Waals surface area contributed by atoms with Crippen molar-refractivity contribution in [1.82, 2.24) is 14.9 Å². The molecule has 6 nitrogen and oxygen atoms in total. The number of hydrogen-bond acceptors (Lipinski definition) is 5. The zero-order valence-corrected chi connectivity index (χ0v) is 13.3. The summed E-state index contributed by atoms with van der Waals surface area (Å²) in [6, 6.07) is 7.23. The van der Waals surface area contributed by atoms with Crippen molar-refractivity contribution in [2.75, 3.05) is 42.9 Å². The highest BCUT2D eigenvalue weighted by molar-refractivity contribution is 6.04. The van der Waals surface area contributed by atoms with Crippen molar-refractivity contribution in [2.24, 2.45) is 0 Å². The van der Waals surface area contributed by atoms with Crippen molar-refractivity contribution in [2.45, 2.75) is 6.92 Å². The third kappa shape index (κ3) is 3.84. The lowest BCUT2D eigenvalue weighted by Gasteiger charge is -2.34. The lowest BCUT2D eigenvalue weighted by atomic mass is 10.2. The van der Waals surface area contributed by atoms with Gasteiger partial charge in [0.25, 0.3) is 5.91 Å². The Morgan fingerprint density at radius 2 is 1.87 bits per heavy atom. The van der Waals surface area contributed by atoms with Crippen LogP contribution in [-0.4, -0.2) is 53.5 Å². The molecule has 1 aliphatic rings. The highest BCUT2D eigenvalue weighted by Gasteiger charge is 2.16. The first-order valence-electron chi connectivity index (χ1n) is 7.91. The fourth-order valence-corrected chi connectivity index (χ4v) is 2.65. The molecule has 2 aromatic rings. The summed E-state index contributed by atoms with van der Waals surface area (Å²) in [6.07, 6.45) is 4.92. The van der Waals surface area contributed by atoms with E-state index < -0.39 is 0 Å². The average molecular weight is 311 g/mol. The Balaban J connectivity index is 1.60. The fourth-order valence-electron chi connectivity index (χ4n) is 2.65. The number of carbonyl (C=O) groups is 1. The molecular weight excluding hydrogens is 290 g/mol. The van der Waals surface area contributed by atoms with Gasteiger partial charge in [0.15, 0.2) is 0 Å². The minimum Gasteiger partial charge on any atom is -0.354 e. The molecule has 1 aliphatic heterocycles. The molecule has 0 radical (unpaired) electrons. The molecule has 3 heterocycles. The van der Waals surface area contributed by atoms with Crippen LogP contribution in [0.2, 0.25) is 0 Å². The molecule has 0 spiro atoms. The number of hydrogen-bond donors (Lipinski definition) is 1. The molecule has 1 fully saturated rings. The van der Waals surface area contributed by atoms with E-state index in [1.165, 1.54) is 0 Å². The Kier molecular flexibility index (Phi) is 4.83. The number of piperazine rings is 1. The predicted octanol–water partition coefficient (Wildman–Crippen LogP) is 1.87. The van der Waals surface area contributed by atoms with Crippen LogP contribution in [0.15, 0.2) is 42.9 Å². The zero-order valence-electron chi connectivity index (χ0n) is 13.3. The number of likely N-dealkylation sites (N-methyl/N-ethyl adjacent to an activating group) is 1. The molecule has 1 amide bonds. The van der Waals surface area contributed by atoms with Crippen molar-refractivity contribution in [3.8, 4) is 0 Å². The topological polar surface area (TPSA) is 61.4 Å². The van der Waals surface area contributed by atoms with E-state index in [4.69, 9.17) is 0 Å². The van der Waals surface area contributed by atoms with E-state index in [0.29, 0.717) is 11.3 Å². The third-order valence-electron chi connectivity index (χ3n) is 4.09. The molecule has 23 heavy (non-hydrogen) atoms. The van der Waals surface area contributed by atoms with Gasteiger partial charge in [0.1, 0.15) is 5.82 Å². The van der Waals surface area contributed by atoms with Crippen LogP contribution in [0.1, 0.15) is 17.3 Å². The van der Waals surface area contributed by atoms with E-state index >= 15 is 0 Å². The molecule has 1 saturated heterocycles. The third-order valence-corrected chi connectivity index (χ3v) is 4.09. The minimum absolute atomic E-state index is 0.154. The molecule has 3 rings (SSSR count). The first-order valence-corrected chi connectivity index (χ1v) is 7.91. The molecule has 0 aliphatic carbocycles. The van der Waals surface area contributed by atoms with Crippen LogP contribution >= 0.6 is 0 Å². The normalized spacial score (nSPS) is 15.4. The maximum absolute atomic E-state index is 12.1. The first-order chi connectivity index (χ1) is 11.3. The highest BCUT2D eigenvalue weighted by atomic mass is 16.1. The summed E-state index contributed by atoms with van der Waals surface area (Å²) in [5.74, 6) is 0.807. The smallest absolute Gasteiger partial charge is 0.255 e. The molecular formula is C17H21N5O. The lowest BCUT2D eigenvalue weighted by molar-refractivity contribution is 0.102. The fraction of sp³-hybridized carbons (Fsp3) is 0.353. The zero-order chi connectivity index (χ0) is 16.1. The number of amides is 1. The van der Waals surface area contributed by atoms with Crippen molar-refractivity contribution >= 4 is 17.4 Å². The lowest BCUT2D eigenvalue weighted by Crippen LogP contribution is -2.46. The molecule has 0 atom stereocenters. The van der Waals surface area contributed by atoms with E-state index in [1.54, 1.807) is 30.7 Å². The molecule has 2 aromatic heterocycles. The quantitative estimate of drug-likeness (QED) is 0.934. The van der Waals surface area contributed by atoms with E-state index in [2.05, 4.69) is 32.0 Å². The van der Waals surface area contributed by atoms with Gasteiger partial charge in [-0.05, 0) is 30.8 Å². The summed E-state index contributed by atoms with van der Waals surface area (Å²) in [4.78, 5) is 25.2. The summed E-state index contributed by atoms with van der Waals surface area (Å²) < 4.78 is 0. The SMILES string of the molecule is CCN1CCN(c2ccc(NC(=O)c3ccncc3)cn2)CC1. The van der Waals surface area contributed by atoms with Crippen LogP contribution in [0.5, 0.6) is 0 Å². The van der Waals surface area contributed by atoms with Gasteiger partial charge in [-0.15, -0.1) is 0 Å². The number of aromatic nitrogens is 2. The van der Waals surface area contributed by atoms with Gasteiger partial charge in [-0.1, -0.05) is 6.92 Å². The number of pyridine rings is 2. The standard InChI is InChI=1S/C17H21N5O/c1-2-21-9-11-22(12-10-21)16-4-3-15(13-19-16)20-17(23)14-5-7-18-8-6-14/h3-8,13H,2,9-12H2,1H3,(H,20,23). The molecule has 1 N–H and O–H groups in total. The van der Waals surface area contributed by atoms with E-state index in [1.807, 2.05) is 12.1 Å². The van der Waals surface area contributed by atoms with Crippen LogP contribution in [0.25, 0.3) is 0 Å². The monoisotopic (exact) mass is 311 g/mol. The highest BCUT2D eigenvalue weighted by Crippen LogP contribution is 2.16. The van der Waals surface area contributed by atoms with Gasteiger partial charge in [0.2, 0.25) is 0 Å². The number of anilines is 2. The maximum Gasteiger partial charge on any atom is 0.255 e. The van der Waals surface area contributed by atoms with Gasteiger partial charge in [-0.3, -0.25) is 9.78 Å². The summed E-state index contributed by atoms with van der Waals surface area (Å²) in [7, 11) is 0. The van der Waals surface area contributed by atoms with Gasteiger partial charge < -0.3 is 15.1 Å². The molecule has 0 saturated carbocycles. The summed E-state index contributed by atoms with van der Waals surface area (Å²) >= 11 is 0. The Labute approximate surface area is 136 Å². The van der Waals surface area contributed by atoms with Gasteiger partial charge in [-0.2, -0.15) is 0 Å². The molecule has 0 aromatic carbocycles. The Morgan fingerprint density at radius 3 is 2.48 bits per heavy atom. The summed E-state index contributed by atoms with van der Waals surface area (Å²) in [6.45, 7) is 7.40.